The topological polar surface area (TPSA) is 51.0 Å². The van der Waals surface area contributed by atoms with Gasteiger partial charge < -0.3 is 4.90 Å². The Bertz CT molecular complexity index is 723. The van der Waals surface area contributed by atoms with E-state index in [0.717, 1.165) is 25.0 Å². The van der Waals surface area contributed by atoms with Gasteiger partial charge in [0.25, 0.3) is 0 Å². The van der Waals surface area contributed by atoms with E-state index in [1.54, 1.807) is 17.0 Å². The highest BCUT2D eigenvalue weighted by Gasteiger charge is 2.27. The molecule has 1 amide bonds. The van der Waals surface area contributed by atoms with Gasteiger partial charge in [-0.15, -0.1) is 5.10 Å². The number of nitrogens with zero attached hydrogens (tertiary/aromatic N) is 4. The van der Waals surface area contributed by atoms with Crippen LogP contribution in [0.1, 0.15) is 18.5 Å². The number of benzene rings is 1. The van der Waals surface area contributed by atoms with Gasteiger partial charge in [0.05, 0.1) is 5.69 Å². The van der Waals surface area contributed by atoms with Crippen LogP contribution in [-0.4, -0.2) is 35.3 Å². The van der Waals surface area contributed by atoms with Crippen LogP contribution in [0.25, 0.3) is 0 Å². The third-order valence-corrected chi connectivity index (χ3v) is 4.99. The highest BCUT2D eigenvalue weighted by Crippen LogP contribution is 2.27. The highest BCUT2D eigenvalue weighted by molar-refractivity contribution is 14.1. The summed E-state index contributed by atoms with van der Waals surface area (Å²) in [6.45, 7) is 1.31. The summed E-state index contributed by atoms with van der Waals surface area (Å²) >= 11 is 1.95. The molecule has 0 unspecified atom stereocenters. The molecule has 0 N–H and O–H groups in total. The summed E-state index contributed by atoms with van der Waals surface area (Å²) < 4.78 is 16.2. The van der Waals surface area contributed by atoms with Crippen LogP contribution in [0.2, 0.25) is 0 Å². The Morgan fingerprint density at radius 3 is 2.96 bits per heavy atom. The van der Waals surface area contributed by atoms with Gasteiger partial charge in [-0.1, -0.05) is 5.21 Å². The lowest BCUT2D eigenvalue weighted by Crippen LogP contribution is -2.41. The minimum atomic E-state index is -0.290. The van der Waals surface area contributed by atoms with E-state index in [0.29, 0.717) is 28.1 Å². The normalized spacial score (nSPS) is 18.4. The first-order valence-corrected chi connectivity index (χ1v) is 8.79. The zero-order valence-corrected chi connectivity index (χ0v) is 15.0. The van der Waals surface area contributed by atoms with E-state index in [1.807, 2.05) is 41.3 Å². The van der Waals surface area contributed by atoms with Crippen molar-refractivity contribution in [2.75, 3.05) is 11.4 Å². The van der Waals surface area contributed by atoms with Crippen molar-refractivity contribution >= 4 is 42.0 Å². The zero-order chi connectivity index (χ0) is 16.4. The number of rotatable bonds is 4. The molecule has 2 aromatic rings. The summed E-state index contributed by atoms with van der Waals surface area (Å²) in [4.78, 5) is 13.9. The van der Waals surface area contributed by atoms with Crippen molar-refractivity contribution in [3.63, 3.8) is 0 Å². The maximum Gasteiger partial charge on any atom is 0.227 e. The molecule has 1 saturated heterocycles. The van der Waals surface area contributed by atoms with Gasteiger partial charge in [0, 0.05) is 35.0 Å². The molecule has 120 valence electrons. The summed E-state index contributed by atoms with van der Waals surface area (Å²) in [6.07, 6.45) is 4.11. The molecule has 1 aromatic heterocycles. The largest absolute Gasteiger partial charge is 0.312 e. The maximum absolute atomic E-state index is 13.8. The van der Waals surface area contributed by atoms with E-state index in [9.17, 15) is 9.18 Å². The van der Waals surface area contributed by atoms with Crippen LogP contribution in [0.4, 0.5) is 10.1 Å². The lowest BCUT2D eigenvalue weighted by Gasteiger charge is -2.32. The molecule has 23 heavy (non-hydrogen) atoms. The molecular weight excluding hydrogens is 409 g/mol. The Kier molecular flexibility index (Phi) is 4.98. The van der Waals surface area contributed by atoms with Crippen molar-refractivity contribution in [2.24, 2.45) is 5.92 Å². The van der Waals surface area contributed by atoms with E-state index < -0.39 is 0 Å². The Hall–Kier alpha value is -1.45. The van der Waals surface area contributed by atoms with E-state index >= 15 is 0 Å². The van der Waals surface area contributed by atoms with Crippen LogP contribution < -0.4 is 4.90 Å². The van der Waals surface area contributed by atoms with Gasteiger partial charge in [-0.3, -0.25) is 9.48 Å². The predicted octanol–water partition coefficient (Wildman–Crippen LogP) is 1.60. The molecule has 1 fully saturated rings. The number of carbonyl (C=O) groups excluding carboxylic acids is 1. The molecule has 1 atom stereocenters. The number of carbonyl (C=O) groups is 1. The fourth-order valence-electron chi connectivity index (χ4n) is 2.82. The first-order chi connectivity index (χ1) is 11.1. The molecular formula is C15H17BFIN4O. The minimum Gasteiger partial charge on any atom is -0.312 e. The fraction of sp³-hybridized carbons (Fsp3) is 0.400. The van der Waals surface area contributed by atoms with Crippen molar-refractivity contribution in [3.05, 3.63) is 39.5 Å². The summed E-state index contributed by atoms with van der Waals surface area (Å²) in [5, 5.41) is 8.22. The Morgan fingerprint density at radius 2 is 2.26 bits per heavy atom. The summed E-state index contributed by atoms with van der Waals surface area (Å²) in [5.74, 6) is 0.0537. The lowest BCUT2D eigenvalue weighted by atomic mass is 9.97. The fourth-order valence-corrected chi connectivity index (χ4v) is 3.16. The number of anilines is 1. The highest BCUT2D eigenvalue weighted by atomic mass is 127. The molecule has 0 bridgehead atoms. The van der Waals surface area contributed by atoms with Gasteiger partial charge in [0.1, 0.15) is 13.7 Å². The predicted molar refractivity (Wildman–Crippen MR) is 96.5 cm³/mol. The standard InChI is InChI=1S/C15H17BFIN4O/c16-6-11-9-21(20-19-11)7-10-1-4-15(23)22(8-10)12-2-3-14(18)13(17)5-12/h2-3,5,9-10H,1,4,6-8,16H2/t10-/m0/s1. The second kappa shape index (κ2) is 6.98. The minimum absolute atomic E-state index is 0.0506. The second-order valence-electron chi connectivity index (χ2n) is 5.79. The van der Waals surface area contributed by atoms with Crippen LogP contribution in [0.5, 0.6) is 0 Å². The van der Waals surface area contributed by atoms with Crippen LogP contribution in [0.15, 0.2) is 24.4 Å². The Morgan fingerprint density at radius 1 is 1.43 bits per heavy atom. The number of halogens is 2. The van der Waals surface area contributed by atoms with Gasteiger partial charge in [-0.2, -0.15) is 0 Å². The monoisotopic (exact) mass is 426 g/mol. The van der Waals surface area contributed by atoms with Crippen LogP contribution >= 0.6 is 22.6 Å². The van der Waals surface area contributed by atoms with Crippen LogP contribution in [-0.2, 0) is 17.7 Å². The third kappa shape index (κ3) is 3.73. The van der Waals surface area contributed by atoms with Gasteiger partial charge in [0.15, 0.2) is 0 Å². The molecule has 2 heterocycles. The molecule has 0 spiro atoms. The van der Waals surface area contributed by atoms with Crippen molar-refractivity contribution < 1.29 is 9.18 Å². The molecule has 1 aliphatic heterocycles. The zero-order valence-electron chi connectivity index (χ0n) is 12.9. The number of piperidine rings is 1. The molecule has 0 saturated carbocycles. The van der Waals surface area contributed by atoms with E-state index in [4.69, 9.17) is 0 Å². The molecule has 0 radical (unpaired) electrons. The van der Waals surface area contributed by atoms with Crippen LogP contribution in [0, 0.1) is 15.3 Å². The number of amides is 1. The van der Waals surface area contributed by atoms with Crippen molar-refractivity contribution in [1.29, 1.82) is 0 Å². The summed E-state index contributed by atoms with van der Waals surface area (Å²) in [6, 6.07) is 4.94. The summed E-state index contributed by atoms with van der Waals surface area (Å²) in [7, 11) is 2.04. The van der Waals surface area contributed by atoms with Gasteiger partial charge >= 0.3 is 0 Å². The molecule has 5 nitrogen and oxygen atoms in total. The average molecular weight is 426 g/mol. The number of hydrogen-bond donors (Lipinski definition) is 0. The molecule has 3 rings (SSSR count). The van der Waals surface area contributed by atoms with E-state index in [-0.39, 0.29) is 11.7 Å². The molecule has 1 aromatic carbocycles. The first kappa shape index (κ1) is 16.4. The van der Waals surface area contributed by atoms with Crippen molar-refractivity contribution in [3.8, 4) is 0 Å². The second-order valence-corrected chi connectivity index (χ2v) is 6.96. The lowest BCUT2D eigenvalue weighted by molar-refractivity contribution is -0.120. The third-order valence-electron chi connectivity index (χ3n) is 4.12. The van der Waals surface area contributed by atoms with Crippen molar-refractivity contribution in [1.82, 2.24) is 15.0 Å². The smallest absolute Gasteiger partial charge is 0.227 e. The molecule has 0 aliphatic carbocycles. The summed E-state index contributed by atoms with van der Waals surface area (Å²) in [5.41, 5.74) is 1.60. The Balaban J connectivity index is 1.73. The van der Waals surface area contributed by atoms with E-state index in [1.165, 1.54) is 6.07 Å². The quantitative estimate of drug-likeness (QED) is 0.552. The average Bonchev–Trinajstić information content (AvgIpc) is 2.99. The molecule has 1 aliphatic rings. The molecule has 8 heteroatoms. The van der Waals surface area contributed by atoms with E-state index in [2.05, 4.69) is 10.3 Å². The maximum atomic E-state index is 13.8. The SMILES string of the molecule is BCc1cn(C[C@@H]2CCC(=O)N(c3ccc(I)c(F)c3)C2)nn1. The van der Waals surface area contributed by atoms with Gasteiger partial charge in [0.2, 0.25) is 5.91 Å². The van der Waals surface area contributed by atoms with Gasteiger partial charge in [-0.05, 0) is 59.4 Å². The number of hydrogen-bond acceptors (Lipinski definition) is 3. The van der Waals surface area contributed by atoms with Crippen LogP contribution in [0.3, 0.4) is 0 Å². The van der Waals surface area contributed by atoms with Gasteiger partial charge in [-0.25, -0.2) is 4.39 Å². The van der Waals surface area contributed by atoms with Crippen molar-refractivity contribution in [2.45, 2.75) is 25.7 Å². The Labute approximate surface area is 148 Å². The first-order valence-electron chi connectivity index (χ1n) is 7.71. The number of aromatic nitrogens is 3.